The molecule has 1 aliphatic heterocycles. The zero-order valence-corrected chi connectivity index (χ0v) is 12.6. The van der Waals surface area contributed by atoms with Crippen molar-refractivity contribution in [2.75, 3.05) is 17.6 Å². The second-order valence-corrected chi connectivity index (χ2v) is 6.02. The van der Waals surface area contributed by atoms with E-state index in [2.05, 4.69) is 30.2 Å². The predicted molar refractivity (Wildman–Crippen MR) is 84.4 cm³/mol. The third-order valence-electron chi connectivity index (χ3n) is 4.01. The Balaban J connectivity index is 1.92. The van der Waals surface area contributed by atoms with Gasteiger partial charge in [0.15, 0.2) is 5.13 Å². The molecule has 0 bridgehead atoms. The van der Waals surface area contributed by atoms with Gasteiger partial charge in [-0.2, -0.15) is 0 Å². The zero-order valence-electron chi connectivity index (χ0n) is 11.8. The number of hydrogen-bond acceptors (Lipinski definition) is 5. The number of aromatic nitrogens is 1. The van der Waals surface area contributed by atoms with Gasteiger partial charge in [0.1, 0.15) is 11.4 Å². The normalized spacial score (nSPS) is 16.1. The lowest BCUT2D eigenvalue weighted by atomic mass is 9.95. The predicted octanol–water partition coefficient (Wildman–Crippen LogP) is 3.76. The first-order valence-electron chi connectivity index (χ1n) is 6.94. The summed E-state index contributed by atoms with van der Waals surface area (Å²) >= 11 is 1.46. The molecule has 0 fully saturated rings. The molecule has 0 radical (unpaired) electrons. The van der Waals surface area contributed by atoms with Crippen molar-refractivity contribution in [2.45, 2.75) is 32.3 Å². The fourth-order valence-corrected chi connectivity index (χ4v) is 3.08. The summed E-state index contributed by atoms with van der Waals surface area (Å²) in [5, 5.41) is 6.06. The summed E-state index contributed by atoms with van der Waals surface area (Å²) in [5.41, 5.74) is 8.62. The van der Waals surface area contributed by atoms with Crippen LogP contribution in [0, 0.1) is 0 Å². The smallest absolute Gasteiger partial charge is 0.180 e. The van der Waals surface area contributed by atoms with Gasteiger partial charge in [-0.3, -0.25) is 0 Å². The Kier molecular flexibility index (Phi) is 3.30. The van der Waals surface area contributed by atoms with Crippen LogP contribution in [0.25, 0.3) is 11.3 Å². The van der Waals surface area contributed by atoms with Crippen molar-refractivity contribution in [3.05, 3.63) is 23.6 Å². The van der Waals surface area contributed by atoms with Gasteiger partial charge in [0, 0.05) is 10.9 Å². The molecule has 3 rings (SSSR count). The first-order valence-corrected chi connectivity index (χ1v) is 7.82. The van der Waals surface area contributed by atoms with Crippen molar-refractivity contribution < 1.29 is 4.74 Å². The molecule has 2 aromatic rings. The summed E-state index contributed by atoms with van der Waals surface area (Å²) in [5.74, 6) is 0.923. The average Bonchev–Trinajstić information content (AvgIpc) is 2.92. The van der Waals surface area contributed by atoms with Gasteiger partial charge < -0.3 is 15.8 Å². The minimum atomic E-state index is -0.0838. The van der Waals surface area contributed by atoms with Crippen LogP contribution in [0.2, 0.25) is 0 Å². The van der Waals surface area contributed by atoms with E-state index in [1.54, 1.807) is 0 Å². The van der Waals surface area contributed by atoms with E-state index in [0.717, 1.165) is 42.1 Å². The lowest BCUT2D eigenvalue weighted by molar-refractivity contribution is 0.0671. The minimum Gasteiger partial charge on any atom is -0.483 e. The Morgan fingerprint density at radius 1 is 1.40 bits per heavy atom. The first kappa shape index (κ1) is 13.2. The highest BCUT2D eigenvalue weighted by Crippen LogP contribution is 2.38. The van der Waals surface area contributed by atoms with Crippen molar-refractivity contribution in [3.63, 3.8) is 0 Å². The Morgan fingerprint density at radius 3 is 2.85 bits per heavy atom. The molecule has 5 heteroatoms. The summed E-state index contributed by atoms with van der Waals surface area (Å²) in [6.07, 6.45) is 2.00. The van der Waals surface area contributed by atoms with Crippen molar-refractivity contribution in [1.29, 1.82) is 0 Å². The van der Waals surface area contributed by atoms with Gasteiger partial charge in [-0.15, -0.1) is 11.3 Å². The third kappa shape index (κ3) is 2.22. The third-order valence-corrected chi connectivity index (χ3v) is 4.69. The van der Waals surface area contributed by atoms with Crippen LogP contribution < -0.4 is 15.8 Å². The standard InChI is InChI=1S/C15H19N3OS/c1-3-15(4-2)9-17-11-7-10(5-6-13(11)19-15)12-8-20-14(16)18-12/h5-8,17H,3-4,9H2,1-2H3,(H2,16,18). The molecule has 0 saturated heterocycles. The lowest BCUT2D eigenvalue weighted by Gasteiger charge is -2.38. The van der Waals surface area contributed by atoms with Gasteiger partial charge in [-0.05, 0) is 31.0 Å². The number of ether oxygens (including phenoxy) is 1. The van der Waals surface area contributed by atoms with Gasteiger partial charge in [0.2, 0.25) is 0 Å². The van der Waals surface area contributed by atoms with Crippen LogP contribution in [-0.4, -0.2) is 17.1 Å². The number of anilines is 2. The molecule has 4 nitrogen and oxygen atoms in total. The number of nitrogens with two attached hydrogens (primary N) is 1. The fourth-order valence-electron chi connectivity index (χ4n) is 2.51. The van der Waals surface area contributed by atoms with Crippen LogP contribution in [-0.2, 0) is 0 Å². The minimum absolute atomic E-state index is 0.0838. The Morgan fingerprint density at radius 2 is 2.20 bits per heavy atom. The molecule has 1 aliphatic rings. The zero-order chi connectivity index (χ0) is 14.2. The number of rotatable bonds is 3. The SMILES string of the molecule is CCC1(CC)CNc2cc(-c3csc(N)n3)ccc2O1. The van der Waals surface area contributed by atoms with E-state index in [0.29, 0.717) is 5.13 Å². The highest BCUT2D eigenvalue weighted by molar-refractivity contribution is 7.13. The second-order valence-electron chi connectivity index (χ2n) is 5.13. The summed E-state index contributed by atoms with van der Waals surface area (Å²) < 4.78 is 6.21. The number of thiazole rings is 1. The van der Waals surface area contributed by atoms with Crippen LogP contribution in [0.1, 0.15) is 26.7 Å². The Bertz CT molecular complexity index is 619. The van der Waals surface area contributed by atoms with Gasteiger partial charge in [0.25, 0.3) is 0 Å². The first-order chi connectivity index (χ1) is 9.65. The molecule has 106 valence electrons. The molecule has 3 N–H and O–H groups in total. The van der Waals surface area contributed by atoms with Gasteiger partial charge in [-0.25, -0.2) is 4.98 Å². The maximum atomic E-state index is 6.21. The molecule has 0 atom stereocenters. The van der Waals surface area contributed by atoms with Crippen LogP contribution in [0.3, 0.4) is 0 Å². The summed E-state index contributed by atoms with van der Waals surface area (Å²) in [6, 6.07) is 6.14. The molecule has 0 spiro atoms. The number of hydrogen-bond donors (Lipinski definition) is 2. The second kappa shape index (κ2) is 4.98. The molecule has 1 aromatic heterocycles. The topological polar surface area (TPSA) is 60.2 Å². The number of nitrogens with zero attached hydrogens (tertiary/aromatic N) is 1. The van der Waals surface area contributed by atoms with Crippen molar-refractivity contribution in [2.24, 2.45) is 0 Å². The molecular weight excluding hydrogens is 270 g/mol. The maximum Gasteiger partial charge on any atom is 0.180 e. The van der Waals surface area contributed by atoms with Crippen molar-refractivity contribution in [3.8, 4) is 17.0 Å². The summed E-state index contributed by atoms with van der Waals surface area (Å²) in [6.45, 7) is 5.18. The van der Waals surface area contributed by atoms with Gasteiger partial charge >= 0.3 is 0 Å². The van der Waals surface area contributed by atoms with Crippen LogP contribution in [0.15, 0.2) is 23.6 Å². The molecule has 0 aliphatic carbocycles. The molecule has 0 amide bonds. The molecular formula is C15H19N3OS. The van der Waals surface area contributed by atoms with E-state index >= 15 is 0 Å². The Labute approximate surface area is 123 Å². The summed E-state index contributed by atoms with van der Waals surface area (Å²) in [7, 11) is 0. The number of benzene rings is 1. The van der Waals surface area contributed by atoms with E-state index in [1.807, 2.05) is 17.5 Å². The molecule has 1 aromatic carbocycles. The van der Waals surface area contributed by atoms with Crippen LogP contribution in [0.5, 0.6) is 5.75 Å². The quantitative estimate of drug-likeness (QED) is 0.903. The van der Waals surface area contributed by atoms with E-state index in [-0.39, 0.29) is 5.60 Å². The number of nitrogens with one attached hydrogen (secondary N) is 1. The van der Waals surface area contributed by atoms with E-state index in [4.69, 9.17) is 10.5 Å². The van der Waals surface area contributed by atoms with E-state index in [9.17, 15) is 0 Å². The van der Waals surface area contributed by atoms with E-state index < -0.39 is 0 Å². The van der Waals surface area contributed by atoms with Crippen LogP contribution in [0.4, 0.5) is 10.8 Å². The fraction of sp³-hybridized carbons (Fsp3) is 0.400. The van der Waals surface area contributed by atoms with Crippen molar-refractivity contribution >= 4 is 22.2 Å². The Hall–Kier alpha value is -1.75. The molecule has 0 saturated carbocycles. The van der Waals surface area contributed by atoms with Crippen molar-refractivity contribution in [1.82, 2.24) is 4.98 Å². The largest absolute Gasteiger partial charge is 0.483 e. The number of fused-ring (bicyclic) bond motifs is 1. The molecule has 0 unspecified atom stereocenters. The van der Waals surface area contributed by atoms with Crippen LogP contribution >= 0.6 is 11.3 Å². The summed E-state index contributed by atoms with van der Waals surface area (Å²) in [4.78, 5) is 4.32. The molecule has 2 heterocycles. The van der Waals surface area contributed by atoms with Gasteiger partial charge in [0.05, 0.1) is 17.9 Å². The highest BCUT2D eigenvalue weighted by atomic mass is 32.1. The average molecular weight is 289 g/mol. The van der Waals surface area contributed by atoms with Gasteiger partial charge in [-0.1, -0.05) is 13.8 Å². The lowest BCUT2D eigenvalue weighted by Crippen LogP contribution is -2.44. The monoisotopic (exact) mass is 289 g/mol. The highest BCUT2D eigenvalue weighted by Gasteiger charge is 2.32. The molecule has 20 heavy (non-hydrogen) atoms. The van der Waals surface area contributed by atoms with E-state index in [1.165, 1.54) is 11.3 Å². The maximum absolute atomic E-state index is 6.21. The number of nitrogen functional groups attached to an aromatic ring is 1.